The summed E-state index contributed by atoms with van der Waals surface area (Å²) in [5, 5.41) is 24.7. The number of carbonyl (C=O) groups is 6. The Kier molecular flexibility index (Phi) is 13.8. The third kappa shape index (κ3) is 11.5. The fraction of sp³-hybridized carbons (Fsp3) is 0.633. The summed E-state index contributed by atoms with van der Waals surface area (Å²) in [6, 6.07) is 2.17. The molecule has 5 rings (SSSR count). The van der Waals surface area contributed by atoms with Crippen LogP contribution in [0, 0.1) is 0 Å². The topological polar surface area (TPSA) is 224 Å². The third-order valence-corrected chi connectivity index (χ3v) is 12.1. The van der Waals surface area contributed by atoms with Gasteiger partial charge in [-0.1, -0.05) is 0 Å². The van der Waals surface area contributed by atoms with Gasteiger partial charge in [-0.3, -0.25) is 9.59 Å². The first kappa shape index (κ1) is 38.7. The molecule has 21 heteroatoms. The van der Waals surface area contributed by atoms with Crippen LogP contribution in [0.1, 0.15) is 30.1 Å². The summed E-state index contributed by atoms with van der Waals surface area (Å²) in [6.45, 7) is 5.54. The Labute approximate surface area is 301 Å². The molecule has 19 nitrogen and oxygen atoms in total. The first-order valence-electron chi connectivity index (χ1n) is 17.1. The van der Waals surface area contributed by atoms with Crippen molar-refractivity contribution in [2.75, 3.05) is 96.9 Å². The summed E-state index contributed by atoms with van der Waals surface area (Å²) in [6.07, 6.45) is 2.44. The SMILES string of the molecule is C[C@@H](NC(=O)c1ccc(NCC(=O)CN2CCN3CCN4CCN(CC2)CC(=O)[O][Ga]([O]C(=O)C3)[O]C(=O)C4)nc1)C(=O)N1CCC[C@H]1B(O)O. The van der Waals surface area contributed by atoms with Crippen molar-refractivity contribution in [1.82, 2.24) is 34.8 Å². The molecule has 1 aromatic heterocycles. The van der Waals surface area contributed by atoms with E-state index in [1.165, 1.54) is 24.1 Å². The van der Waals surface area contributed by atoms with Crippen LogP contribution in [0.2, 0.25) is 0 Å². The molecule has 4 atom stereocenters. The van der Waals surface area contributed by atoms with E-state index in [-0.39, 0.29) is 44.1 Å². The summed E-state index contributed by atoms with van der Waals surface area (Å²) in [5.41, 5.74) is 0.204. The van der Waals surface area contributed by atoms with Crippen molar-refractivity contribution in [1.29, 1.82) is 0 Å². The molecule has 51 heavy (non-hydrogen) atoms. The standard InChI is InChI=1S/C30H47BN8O11.Ga/c1-21(30(48)39-6-2-3-24(39)31(49)50)34-29(47)22-4-5-25(32-15-22)33-16-23(40)17-35-7-9-36(18-26(41)42)11-13-38(20-28(45)46)14-12-37(10-8-35)19-27(43)44;/h4-5,15,21,24,49-50H,2-3,6-14,16-20H2,1H3,(H,32,33)(H,34,47)(H,41,42)(H,43,44)(H,45,46);/q;+3/p-3/t21-,24+;/m1./s1. The van der Waals surface area contributed by atoms with E-state index in [1.54, 1.807) is 6.07 Å². The number of likely N-dealkylation sites (tertiary alicyclic amines) is 1. The van der Waals surface area contributed by atoms with E-state index in [0.29, 0.717) is 77.6 Å². The second-order valence-corrected chi connectivity index (χ2v) is 15.7. The average Bonchev–Trinajstić information content (AvgIpc) is 3.57. The summed E-state index contributed by atoms with van der Waals surface area (Å²) in [5.74, 6) is -3.25. The maximum atomic E-state index is 13.1. The number of rotatable bonds is 9. The number of nitrogens with one attached hydrogen (secondary N) is 2. The van der Waals surface area contributed by atoms with Gasteiger partial charge in [-0.15, -0.1) is 0 Å². The summed E-state index contributed by atoms with van der Waals surface area (Å²) < 4.78 is 16.1. The van der Waals surface area contributed by atoms with Crippen LogP contribution in [-0.2, 0) is 34.6 Å². The van der Waals surface area contributed by atoms with Gasteiger partial charge in [0, 0.05) is 12.7 Å². The Morgan fingerprint density at radius 2 is 1.43 bits per heavy atom. The first-order chi connectivity index (χ1) is 24.4. The van der Waals surface area contributed by atoms with Crippen LogP contribution in [0.25, 0.3) is 0 Å². The Bertz CT molecular complexity index is 1410. The zero-order valence-electron chi connectivity index (χ0n) is 28.6. The van der Waals surface area contributed by atoms with Gasteiger partial charge in [0.15, 0.2) is 0 Å². The molecule has 276 valence electrons. The molecule has 1 aromatic rings. The fourth-order valence-electron chi connectivity index (χ4n) is 6.36. The van der Waals surface area contributed by atoms with Crippen molar-refractivity contribution < 1.29 is 49.4 Å². The predicted molar refractivity (Wildman–Crippen MR) is 179 cm³/mol. The van der Waals surface area contributed by atoms with Crippen molar-refractivity contribution in [3.63, 3.8) is 0 Å². The van der Waals surface area contributed by atoms with E-state index in [0.717, 1.165) is 0 Å². The molecule has 4 saturated heterocycles. The number of anilines is 1. The zero-order chi connectivity index (χ0) is 36.5. The number of Topliss-reactive ketones (excluding diaryl/α,β-unsaturated/α-hetero) is 1. The number of carbonyl (C=O) groups excluding carboxylic acids is 6. The third-order valence-electron chi connectivity index (χ3n) is 9.21. The first-order valence-corrected chi connectivity index (χ1v) is 20.1. The molecule has 0 spiro atoms. The number of amides is 2. The smallest absolute Gasteiger partial charge is 0.426 e. The van der Waals surface area contributed by atoms with Crippen molar-refractivity contribution >= 4 is 65.8 Å². The molecule has 2 amide bonds. The Morgan fingerprint density at radius 3 is 1.94 bits per heavy atom. The molecule has 0 radical (unpaired) electrons. The van der Waals surface area contributed by atoms with E-state index in [2.05, 4.69) is 15.6 Å². The molecule has 2 unspecified atom stereocenters. The minimum Gasteiger partial charge on any atom is -0.426 e. The molecule has 0 aliphatic carbocycles. The van der Waals surface area contributed by atoms with Gasteiger partial charge in [0.2, 0.25) is 5.91 Å². The number of aromatic nitrogens is 1. The van der Waals surface area contributed by atoms with Crippen LogP contribution >= 0.6 is 0 Å². The monoisotopic (exact) mass is 772 g/mol. The van der Waals surface area contributed by atoms with Crippen molar-refractivity contribution in [2.45, 2.75) is 31.7 Å². The summed E-state index contributed by atoms with van der Waals surface area (Å²) in [7, 11) is -1.65. The van der Waals surface area contributed by atoms with Crippen LogP contribution < -0.4 is 10.6 Å². The normalized spacial score (nSPS) is 25.6. The second-order valence-electron chi connectivity index (χ2n) is 13.0. The van der Waals surface area contributed by atoms with E-state index in [9.17, 15) is 38.8 Å². The second kappa shape index (κ2) is 18.3. The summed E-state index contributed by atoms with van der Waals surface area (Å²) in [4.78, 5) is 90.1. The molecule has 0 saturated carbocycles. The van der Waals surface area contributed by atoms with Crippen LogP contribution in [-0.4, -0.2) is 203 Å². The number of ketones is 1. The molecule has 4 aliphatic heterocycles. The van der Waals surface area contributed by atoms with E-state index in [4.69, 9.17) is 10.6 Å². The van der Waals surface area contributed by atoms with Gasteiger partial charge in [-0.25, -0.2) is 4.98 Å². The molecule has 4 bridgehead atoms. The largest absolute Gasteiger partial charge is 0.475 e. The van der Waals surface area contributed by atoms with Crippen LogP contribution in [0.4, 0.5) is 5.82 Å². The van der Waals surface area contributed by atoms with Gasteiger partial charge in [-0.05, 0) is 31.9 Å². The molecule has 4 fully saturated rings. The number of hydrogen-bond acceptors (Lipinski definition) is 17. The molecule has 4 aliphatic rings. The minimum atomic E-state index is -3.94. The van der Waals surface area contributed by atoms with E-state index < -0.39 is 66.1 Å². The predicted octanol–water partition coefficient (Wildman–Crippen LogP) is -3.95. The molecule has 5 heterocycles. The molecule has 0 aromatic carbocycles. The van der Waals surface area contributed by atoms with Gasteiger partial charge in [-0.2, -0.15) is 0 Å². The average molecular weight is 773 g/mol. The number of fused-ring (bicyclic) bond motifs is 7. The molecular formula is C30H44BGaN8O11. The number of pyridine rings is 1. The minimum absolute atomic E-state index is 0.00504. The molecule has 4 N–H and O–H groups in total. The van der Waals surface area contributed by atoms with E-state index in [1.807, 2.05) is 19.6 Å². The quantitative estimate of drug-likeness (QED) is 0.176. The van der Waals surface area contributed by atoms with E-state index >= 15 is 0 Å². The van der Waals surface area contributed by atoms with Crippen molar-refractivity contribution in [2.24, 2.45) is 0 Å². The Hall–Kier alpha value is -3.57. The van der Waals surface area contributed by atoms with Crippen molar-refractivity contribution in [3.05, 3.63) is 23.9 Å². The molecular weight excluding hydrogens is 729 g/mol. The van der Waals surface area contributed by atoms with Gasteiger partial charge in [0.05, 0.1) is 11.5 Å². The maximum Gasteiger partial charge on any atom is 0.475 e. The maximum absolute atomic E-state index is 13.1. The van der Waals surface area contributed by atoms with Crippen molar-refractivity contribution in [3.8, 4) is 0 Å². The number of nitrogens with zero attached hydrogens (tertiary/aromatic N) is 6. The fourth-order valence-corrected chi connectivity index (χ4v) is 8.48. The van der Waals surface area contributed by atoms with Gasteiger partial charge in [0.25, 0.3) is 5.91 Å². The Balaban J connectivity index is 1.15. The van der Waals surface area contributed by atoms with Gasteiger partial charge in [0.1, 0.15) is 6.04 Å². The van der Waals surface area contributed by atoms with Gasteiger partial charge < -0.3 is 20.3 Å². The zero-order valence-corrected chi connectivity index (χ0v) is 31.0. The van der Waals surface area contributed by atoms with Crippen LogP contribution in [0.3, 0.4) is 0 Å². The Morgan fingerprint density at radius 1 is 0.882 bits per heavy atom. The number of hydrogen-bond donors (Lipinski definition) is 4. The van der Waals surface area contributed by atoms with Crippen LogP contribution in [0.5, 0.6) is 0 Å². The van der Waals surface area contributed by atoms with Gasteiger partial charge >= 0.3 is 194 Å². The van der Waals surface area contributed by atoms with Crippen LogP contribution in [0.15, 0.2) is 18.3 Å². The summed E-state index contributed by atoms with van der Waals surface area (Å²) >= 11 is -3.94.